The second-order valence-corrected chi connectivity index (χ2v) is 10.8. The summed E-state index contributed by atoms with van der Waals surface area (Å²) < 4.78 is 0. The zero-order valence-electron chi connectivity index (χ0n) is 23.0. The molecular weight excluding hydrogens is 463 g/mol. The first-order valence-corrected chi connectivity index (χ1v) is 15.7. The van der Waals surface area contributed by atoms with Crippen LogP contribution in [0.2, 0.25) is 0 Å². The van der Waals surface area contributed by atoms with Crippen LogP contribution in [0.1, 0.15) is 181 Å². The molecule has 0 saturated heterocycles. The average Bonchev–Trinajstić information content (AvgIpc) is 2.80. The van der Waals surface area contributed by atoms with Gasteiger partial charge in [0.1, 0.15) is 0 Å². The third-order valence-electron chi connectivity index (χ3n) is 6.45. The highest BCUT2D eigenvalue weighted by Crippen LogP contribution is 2.14. The molecule has 0 aliphatic carbocycles. The van der Waals surface area contributed by atoms with E-state index in [1.807, 2.05) is 0 Å². The Kier molecular flexibility index (Phi) is 34.9. The largest absolute Gasteiger partial charge is 0.281 e. The van der Waals surface area contributed by atoms with Gasteiger partial charge >= 0.3 is 0 Å². The Morgan fingerprint density at radius 2 is 0.529 bits per heavy atom. The van der Waals surface area contributed by atoms with Crippen LogP contribution >= 0.6 is 23.2 Å². The van der Waals surface area contributed by atoms with Gasteiger partial charge in [0.25, 0.3) is 0 Å². The van der Waals surface area contributed by atoms with Crippen LogP contribution in [0.25, 0.3) is 0 Å². The van der Waals surface area contributed by atoms with E-state index < -0.39 is 0 Å². The molecule has 0 fully saturated rings. The Morgan fingerprint density at radius 3 is 0.706 bits per heavy atom. The van der Waals surface area contributed by atoms with Gasteiger partial charge in [0.15, 0.2) is 0 Å². The van der Waals surface area contributed by atoms with Crippen molar-refractivity contribution in [2.24, 2.45) is 0 Å². The molecule has 2 nitrogen and oxygen atoms in total. The smallest absolute Gasteiger partial charge is 0.221 e. The quantitative estimate of drug-likeness (QED) is 0.0838. The van der Waals surface area contributed by atoms with Gasteiger partial charge in [-0.25, -0.2) is 0 Å². The number of hydrogen-bond acceptors (Lipinski definition) is 2. The molecule has 0 rings (SSSR count). The fourth-order valence-corrected chi connectivity index (χ4v) is 4.48. The van der Waals surface area contributed by atoms with Crippen molar-refractivity contribution in [2.45, 2.75) is 181 Å². The number of rotatable bonds is 26. The van der Waals surface area contributed by atoms with Gasteiger partial charge in [-0.3, -0.25) is 9.59 Å². The Morgan fingerprint density at radius 1 is 0.353 bits per heavy atom. The highest BCUT2D eigenvalue weighted by atomic mass is 35.5. The first kappa shape index (κ1) is 36.1. The van der Waals surface area contributed by atoms with E-state index in [-0.39, 0.29) is 10.5 Å². The molecule has 0 radical (unpaired) electrons. The van der Waals surface area contributed by atoms with Gasteiger partial charge in [-0.1, -0.05) is 155 Å². The van der Waals surface area contributed by atoms with Gasteiger partial charge in [-0.15, -0.1) is 0 Å². The van der Waals surface area contributed by atoms with Crippen molar-refractivity contribution in [3.63, 3.8) is 0 Å². The number of halogens is 2. The van der Waals surface area contributed by atoms with Crippen LogP contribution in [0.5, 0.6) is 0 Å². The van der Waals surface area contributed by atoms with Crippen molar-refractivity contribution in [1.82, 2.24) is 0 Å². The maximum absolute atomic E-state index is 10.5. The van der Waals surface area contributed by atoms with E-state index in [4.69, 9.17) is 23.2 Å². The third kappa shape index (κ3) is 39.1. The van der Waals surface area contributed by atoms with E-state index in [1.165, 1.54) is 128 Å². The molecule has 0 amide bonds. The van der Waals surface area contributed by atoms with E-state index >= 15 is 0 Å². The van der Waals surface area contributed by atoms with Gasteiger partial charge in [0, 0.05) is 12.8 Å². The average molecular weight is 522 g/mol. The molecule has 0 spiro atoms. The number of unbranched alkanes of at least 4 members (excludes halogenated alkanes) is 22. The fraction of sp³-hybridized carbons (Fsp3) is 0.933. The molecule has 0 unspecified atom stereocenters. The van der Waals surface area contributed by atoms with Crippen LogP contribution in [0, 0.1) is 0 Å². The van der Waals surface area contributed by atoms with Crippen LogP contribution in [0.4, 0.5) is 0 Å². The molecule has 0 aromatic carbocycles. The normalized spacial score (nSPS) is 10.7. The van der Waals surface area contributed by atoms with E-state index in [2.05, 4.69) is 13.8 Å². The molecule has 0 heterocycles. The maximum Gasteiger partial charge on any atom is 0.221 e. The topological polar surface area (TPSA) is 34.1 Å². The maximum atomic E-state index is 10.5. The summed E-state index contributed by atoms with van der Waals surface area (Å²) in [7, 11) is 0. The summed E-state index contributed by atoms with van der Waals surface area (Å²) in [5.41, 5.74) is 0. The molecule has 0 atom stereocenters. The Balaban J connectivity index is 0. The van der Waals surface area contributed by atoms with Crippen LogP contribution in [0.3, 0.4) is 0 Å². The van der Waals surface area contributed by atoms with Gasteiger partial charge in [0.05, 0.1) is 0 Å². The van der Waals surface area contributed by atoms with E-state index in [0.29, 0.717) is 12.8 Å². The van der Waals surface area contributed by atoms with Crippen LogP contribution in [-0.2, 0) is 9.59 Å². The summed E-state index contributed by atoms with van der Waals surface area (Å²) in [5, 5.41) is -0.367. The Bertz CT molecular complexity index is 413. The second kappa shape index (κ2) is 32.9. The standard InChI is InChI=1S/C16H31ClO.C14H27ClO/c1-2-3-4-5-6-7-8-9-10-11-12-13-14-15-16(17)18;1-2-3-4-5-6-7-8-9-10-11-12-13-14(15)16/h2-15H2,1H3;2-13H2,1H3. The van der Waals surface area contributed by atoms with Gasteiger partial charge in [-0.2, -0.15) is 0 Å². The van der Waals surface area contributed by atoms with Crippen molar-refractivity contribution in [3.05, 3.63) is 0 Å². The lowest BCUT2D eigenvalue weighted by Crippen LogP contribution is -1.86. The zero-order chi connectivity index (χ0) is 25.5. The van der Waals surface area contributed by atoms with Crippen molar-refractivity contribution in [1.29, 1.82) is 0 Å². The summed E-state index contributed by atoms with van der Waals surface area (Å²) in [5.74, 6) is 0. The third-order valence-corrected chi connectivity index (χ3v) is 6.83. The highest BCUT2D eigenvalue weighted by Gasteiger charge is 1.97. The van der Waals surface area contributed by atoms with Crippen molar-refractivity contribution in [2.75, 3.05) is 0 Å². The fourth-order valence-electron chi connectivity index (χ4n) is 4.21. The monoisotopic (exact) mass is 520 g/mol. The van der Waals surface area contributed by atoms with Crippen LogP contribution in [0.15, 0.2) is 0 Å². The van der Waals surface area contributed by atoms with Gasteiger partial charge in [-0.05, 0) is 36.0 Å². The minimum absolute atomic E-state index is 0.182. The molecule has 34 heavy (non-hydrogen) atoms. The van der Waals surface area contributed by atoms with E-state index in [9.17, 15) is 9.59 Å². The molecule has 0 aliphatic heterocycles. The summed E-state index contributed by atoms with van der Waals surface area (Å²) >= 11 is 10.5. The predicted molar refractivity (Wildman–Crippen MR) is 153 cm³/mol. The first-order chi connectivity index (χ1) is 16.5. The SMILES string of the molecule is CCCCCCCCCCCCCC(=O)Cl.CCCCCCCCCCCCCCCC(=O)Cl. The summed E-state index contributed by atoms with van der Waals surface area (Å²) in [6.07, 6.45) is 32.9. The van der Waals surface area contributed by atoms with Crippen LogP contribution < -0.4 is 0 Å². The van der Waals surface area contributed by atoms with E-state index in [0.717, 1.165) is 25.7 Å². The molecule has 0 aromatic heterocycles. The van der Waals surface area contributed by atoms with Crippen LogP contribution in [-0.4, -0.2) is 10.5 Å². The number of carbonyl (C=O) groups is 2. The minimum Gasteiger partial charge on any atom is -0.281 e. The van der Waals surface area contributed by atoms with Gasteiger partial charge < -0.3 is 0 Å². The molecule has 0 aromatic rings. The zero-order valence-corrected chi connectivity index (χ0v) is 24.5. The molecule has 0 aliphatic rings. The number of hydrogen-bond donors (Lipinski definition) is 0. The lowest BCUT2D eigenvalue weighted by molar-refractivity contribution is -0.112. The lowest BCUT2D eigenvalue weighted by atomic mass is 10.0. The lowest BCUT2D eigenvalue weighted by Gasteiger charge is -2.02. The highest BCUT2D eigenvalue weighted by molar-refractivity contribution is 6.63. The van der Waals surface area contributed by atoms with Crippen molar-refractivity contribution >= 4 is 33.7 Å². The molecule has 0 N–H and O–H groups in total. The Labute approximate surface area is 223 Å². The molecule has 4 heteroatoms. The van der Waals surface area contributed by atoms with Gasteiger partial charge in [0.2, 0.25) is 10.5 Å². The number of carbonyl (C=O) groups excluding carboxylic acids is 2. The predicted octanol–water partition coefficient (Wildman–Crippen LogP) is 11.7. The molecule has 204 valence electrons. The van der Waals surface area contributed by atoms with E-state index in [1.54, 1.807) is 0 Å². The first-order valence-electron chi connectivity index (χ1n) is 14.9. The molecule has 0 saturated carbocycles. The van der Waals surface area contributed by atoms with Crippen molar-refractivity contribution in [3.8, 4) is 0 Å². The van der Waals surface area contributed by atoms with Crippen molar-refractivity contribution < 1.29 is 9.59 Å². The summed E-state index contributed by atoms with van der Waals surface area (Å²) in [4.78, 5) is 21.0. The minimum atomic E-state index is -0.184. The molecule has 0 bridgehead atoms. The Hall–Kier alpha value is -0.0800. The summed E-state index contributed by atoms with van der Waals surface area (Å²) in [6, 6.07) is 0. The molecular formula is C30H58Cl2O2. The summed E-state index contributed by atoms with van der Waals surface area (Å²) in [6.45, 7) is 4.52. The second-order valence-electron chi connectivity index (χ2n) is 9.99.